The average molecular weight is 203 g/mol. The Kier molecular flexibility index (Phi) is 3.11. The Balaban J connectivity index is 1.99. The highest BCUT2D eigenvalue weighted by atomic mass is 14.6. The zero-order valence-electron chi connectivity index (χ0n) is 9.74. The Morgan fingerprint density at radius 1 is 1.27 bits per heavy atom. The lowest BCUT2D eigenvalue weighted by atomic mass is 10.0. The van der Waals surface area contributed by atoms with Gasteiger partial charge < -0.3 is 5.73 Å². The molecule has 0 aromatic heterocycles. The van der Waals surface area contributed by atoms with Gasteiger partial charge in [-0.25, -0.2) is 0 Å². The summed E-state index contributed by atoms with van der Waals surface area (Å²) < 4.78 is 0. The molecule has 1 saturated carbocycles. The van der Waals surface area contributed by atoms with E-state index in [1.165, 1.54) is 24.0 Å². The number of rotatable bonds is 4. The summed E-state index contributed by atoms with van der Waals surface area (Å²) in [5.74, 6) is 2.25. The van der Waals surface area contributed by atoms with Crippen molar-refractivity contribution in [3.05, 3.63) is 35.4 Å². The summed E-state index contributed by atoms with van der Waals surface area (Å²) in [4.78, 5) is 0. The molecule has 1 aromatic rings. The van der Waals surface area contributed by atoms with Crippen LogP contribution >= 0.6 is 0 Å². The number of hydrogen-bond acceptors (Lipinski definition) is 1. The van der Waals surface area contributed by atoms with Gasteiger partial charge in [0.15, 0.2) is 0 Å². The first-order chi connectivity index (χ1) is 7.20. The maximum Gasteiger partial charge on any atom is -0.00428 e. The summed E-state index contributed by atoms with van der Waals surface area (Å²) in [6, 6.07) is 9.14. The fourth-order valence-corrected chi connectivity index (χ4v) is 2.29. The van der Waals surface area contributed by atoms with Crippen LogP contribution < -0.4 is 5.73 Å². The molecule has 0 heterocycles. The summed E-state index contributed by atoms with van der Waals surface area (Å²) in [6.45, 7) is 5.37. The third-order valence-electron chi connectivity index (χ3n) is 3.28. The van der Waals surface area contributed by atoms with E-state index < -0.39 is 0 Å². The monoisotopic (exact) mass is 203 g/mol. The minimum absolute atomic E-state index is 0.744. The lowest BCUT2D eigenvalue weighted by Crippen LogP contribution is -2.02. The van der Waals surface area contributed by atoms with Gasteiger partial charge in [-0.1, -0.05) is 38.1 Å². The topological polar surface area (TPSA) is 26.0 Å². The van der Waals surface area contributed by atoms with Gasteiger partial charge in [0.2, 0.25) is 0 Å². The SMILES string of the molecule is CC(C)Cc1ccc(C2CC2CN)cc1. The van der Waals surface area contributed by atoms with E-state index >= 15 is 0 Å². The maximum absolute atomic E-state index is 5.66. The van der Waals surface area contributed by atoms with Gasteiger partial charge in [0.05, 0.1) is 0 Å². The Labute approximate surface area is 92.7 Å². The van der Waals surface area contributed by atoms with E-state index in [4.69, 9.17) is 5.73 Å². The van der Waals surface area contributed by atoms with E-state index in [0.717, 1.165) is 24.3 Å². The van der Waals surface area contributed by atoms with Gasteiger partial charge in [-0.2, -0.15) is 0 Å². The summed E-state index contributed by atoms with van der Waals surface area (Å²) >= 11 is 0. The Morgan fingerprint density at radius 3 is 2.40 bits per heavy atom. The summed E-state index contributed by atoms with van der Waals surface area (Å²) in [6.07, 6.45) is 2.48. The second kappa shape index (κ2) is 4.36. The molecule has 0 radical (unpaired) electrons. The summed E-state index contributed by atoms with van der Waals surface area (Å²) in [5, 5.41) is 0. The van der Waals surface area contributed by atoms with Crippen molar-refractivity contribution in [2.24, 2.45) is 17.6 Å². The number of benzene rings is 1. The van der Waals surface area contributed by atoms with E-state index in [0.29, 0.717) is 0 Å². The Hall–Kier alpha value is -0.820. The molecule has 0 bridgehead atoms. The van der Waals surface area contributed by atoms with Crippen LogP contribution in [0.1, 0.15) is 37.3 Å². The van der Waals surface area contributed by atoms with Crippen LogP contribution in [0.3, 0.4) is 0 Å². The molecule has 1 aromatic carbocycles. The Bertz CT molecular complexity index is 313. The van der Waals surface area contributed by atoms with Gasteiger partial charge in [-0.3, -0.25) is 0 Å². The predicted molar refractivity (Wildman–Crippen MR) is 64.9 cm³/mol. The van der Waals surface area contributed by atoms with Crippen LogP contribution in [0.5, 0.6) is 0 Å². The van der Waals surface area contributed by atoms with Crippen LogP contribution in [0, 0.1) is 11.8 Å². The predicted octanol–water partition coefficient (Wildman–Crippen LogP) is 2.95. The van der Waals surface area contributed by atoms with Gasteiger partial charge in [-0.05, 0) is 48.3 Å². The van der Waals surface area contributed by atoms with Crippen molar-refractivity contribution in [2.75, 3.05) is 6.54 Å². The molecule has 2 unspecified atom stereocenters. The van der Waals surface area contributed by atoms with Crippen molar-refractivity contribution in [1.82, 2.24) is 0 Å². The molecule has 2 atom stereocenters. The first-order valence-corrected chi connectivity index (χ1v) is 5.99. The van der Waals surface area contributed by atoms with Crippen molar-refractivity contribution in [2.45, 2.75) is 32.6 Å². The van der Waals surface area contributed by atoms with Gasteiger partial charge >= 0.3 is 0 Å². The van der Waals surface area contributed by atoms with Crippen LogP contribution in [-0.4, -0.2) is 6.54 Å². The summed E-state index contributed by atoms with van der Waals surface area (Å²) in [7, 11) is 0. The van der Waals surface area contributed by atoms with E-state index in [2.05, 4.69) is 38.1 Å². The van der Waals surface area contributed by atoms with Crippen LogP contribution in [0.15, 0.2) is 24.3 Å². The molecule has 1 fully saturated rings. The third kappa shape index (κ3) is 2.60. The molecule has 15 heavy (non-hydrogen) atoms. The molecule has 1 nitrogen and oxygen atoms in total. The van der Waals surface area contributed by atoms with E-state index in [1.54, 1.807) is 0 Å². The van der Waals surface area contributed by atoms with Crippen LogP contribution in [-0.2, 0) is 6.42 Å². The largest absolute Gasteiger partial charge is 0.330 e. The highest BCUT2D eigenvalue weighted by molar-refractivity contribution is 5.29. The molecular formula is C14H21N. The molecule has 1 heteroatoms. The third-order valence-corrected chi connectivity index (χ3v) is 3.28. The van der Waals surface area contributed by atoms with Crippen LogP contribution in [0.2, 0.25) is 0 Å². The molecule has 1 aliphatic carbocycles. The first kappa shape index (κ1) is 10.7. The van der Waals surface area contributed by atoms with Crippen molar-refractivity contribution >= 4 is 0 Å². The van der Waals surface area contributed by atoms with Crippen molar-refractivity contribution in [1.29, 1.82) is 0 Å². The molecule has 1 aliphatic rings. The second-order valence-electron chi connectivity index (χ2n) is 5.18. The summed E-state index contributed by atoms with van der Waals surface area (Å²) in [5.41, 5.74) is 8.60. The molecule has 0 amide bonds. The zero-order valence-corrected chi connectivity index (χ0v) is 9.74. The minimum Gasteiger partial charge on any atom is -0.330 e. The normalized spacial score (nSPS) is 24.5. The zero-order chi connectivity index (χ0) is 10.8. The first-order valence-electron chi connectivity index (χ1n) is 5.99. The van der Waals surface area contributed by atoms with E-state index in [-0.39, 0.29) is 0 Å². The molecule has 2 N–H and O–H groups in total. The highest BCUT2D eigenvalue weighted by Crippen LogP contribution is 2.46. The van der Waals surface area contributed by atoms with Crippen molar-refractivity contribution < 1.29 is 0 Å². The Morgan fingerprint density at radius 2 is 1.93 bits per heavy atom. The van der Waals surface area contributed by atoms with Crippen LogP contribution in [0.4, 0.5) is 0 Å². The van der Waals surface area contributed by atoms with Crippen molar-refractivity contribution in [3.63, 3.8) is 0 Å². The molecular weight excluding hydrogens is 182 g/mol. The van der Waals surface area contributed by atoms with E-state index in [1.807, 2.05) is 0 Å². The fourth-order valence-electron chi connectivity index (χ4n) is 2.29. The highest BCUT2D eigenvalue weighted by Gasteiger charge is 2.36. The molecule has 82 valence electrons. The lowest BCUT2D eigenvalue weighted by molar-refractivity contribution is 0.647. The fraction of sp³-hybridized carbons (Fsp3) is 0.571. The second-order valence-corrected chi connectivity index (χ2v) is 5.18. The molecule has 0 saturated heterocycles. The van der Waals surface area contributed by atoms with Gasteiger partial charge in [0, 0.05) is 0 Å². The number of hydrogen-bond donors (Lipinski definition) is 1. The average Bonchev–Trinajstić information content (AvgIpc) is 2.97. The lowest BCUT2D eigenvalue weighted by Gasteiger charge is -2.06. The van der Waals surface area contributed by atoms with E-state index in [9.17, 15) is 0 Å². The van der Waals surface area contributed by atoms with Crippen LogP contribution in [0.25, 0.3) is 0 Å². The number of nitrogens with two attached hydrogens (primary N) is 1. The van der Waals surface area contributed by atoms with Gasteiger partial charge in [-0.15, -0.1) is 0 Å². The molecule has 2 rings (SSSR count). The van der Waals surface area contributed by atoms with Crippen molar-refractivity contribution in [3.8, 4) is 0 Å². The quantitative estimate of drug-likeness (QED) is 0.800. The maximum atomic E-state index is 5.66. The minimum atomic E-state index is 0.744. The standard InChI is InChI=1S/C14H21N/c1-10(2)7-11-3-5-12(6-4-11)14-8-13(14)9-15/h3-6,10,13-14H,7-9,15H2,1-2H3. The van der Waals surface area contributed by atoms with Gasteiger partial charge in [0.1, 0.15) is 0 Å². The van der Waals surface area contributed by atoms with Gasteiger partial charge in [0.25, 0.3) is 0 Å². The smallest absolute Gasteiger partial charge is 0.00428 e. The molecule has 0 aliphatic heterocycles. The molecule has 0 spiro atoms.